The summed E-state index contributed by atoms with van der Waals surface area (Å²) in [6, 6.07) is 0. The molecule has 0 aromatic rings. The van der Waals surface area contributed by atoms with Gasteiger partial charge in [-0.3, -0.25) is 4.79 Å². The number of hydrogen-bond donors (Lipinski definition) is 0. The Bertz CT molecular complexity index is 178. The number of carbonyl (C=O) groups is 1. The lowest BCUT2D eigenvalue weighted by Crippen LogP contribution is -2.44. The van der Waals surface area contributed by atoms with Gasteiger partial charge in [-0.15, -0.1) is 0 Å². The summed E-state index contributed by atoms with van der Waals surface area (Å²) in [6.45, 7) is 6.57. The minimum Gasteiger partial charge on any atom is -0.369 e. The first-order valence-electron chi connectivity index (χ1n) is 5.26. The predicted molar refractivity (Wildman–Crippen MR) is 58.3 cm³/mol. The van der Waals surface area contributed by atoms with E-state index in [1.54, 1.807) is 25.9 Å². The molecule has 3 nitrogen and oxygen atoms in total. The lowest BCUT2D eigenvalue weighted by Gasteiger charge is -2.28. The van der Waals surface area contributed by atoms with Crippen molar-refractivity contribution in [2.75, 3.05) is 20.7 Å². The molecule has 0 atom stereocenters. The molecule has 1 amide bonds. The first kappa shape index (κ1) is 13.4. The maximum atomic E-state index is 11.8. The molecule has 0 aliphatic heterocycles. The van der Waals surface area contributed by atoms with Gasteiger partial charge >= 0.3 is 0 Å². The maximum Gasteiger partial charge on any atom is 0.253 e. The molecular formula is C11H23NO2. The van der Waals surface area contributed by atoms with Crippen molar-refractivity contribution in [3.8, 4) is 0 Å². The molecule has 0 unspecified atom stereocenters. The summed E-state index contributed by atoms with van der Waals surface area (Å²) >= 11 is 0. The van der Waals surface area contributed by atoms with Gasteiger partial charge in [0, 0.05) is 20.7 Å². The van der Waals surface area contributed by atoms with Crippen LogP contribution in [-0.4, -0.2) is 37.1 Å². The van der Waals surface area contributed by atoms with Gasteiger partial charge in [0.15, 0.2) is 0 Å². The van der Waals surface area contributed by atoms with Gasteiger partial charge in [0.2, 0.25) is 0 Å². The highest BCUT2D eigenvalue weighted by atomic mass is 16.5. The minimum atomic E-state index is -0.693. The van der Waals surface area contributed by atoms with Crippen LogP contribution in [0.15, 0.2) is 0 Å². The molecule has 0 rings (SSSR count). The van der Waals surface area contributed by atoms with Crippen molar-refractivity contribution >= 4 is 5.91 Å². The number of carbonyl (C=O) groups excluding carboxylic acids is 1. The van der Waals surface area contributed by atoms with Crippen molar-refractivity contribution in [2.45, 2.75) is 45.6 Å². The van der Waals surface area contributed by atoms with Crippen LogP contribution in [0.5, 0.6) is 0 Å². The highest BCUT2D eigenvalue weighted by molar-refractivity contribution is 5.84. The van der Waals surface area contributed by atoms with Crippen molar-refractivity contribution in [2.24, 2.45) is 0 Å². The molecule has 0 spiro atoms. The van der Waals surface area contributed by atoms with E-state index in [9.17, 15) is 4.79 Å². The van der Waals surface area contributed by atoms with E-state index in [4.69, 9.17) is 4.74 Å². The van der Waals surface area contributed by atoms with Crippen LogP contribution in [0.1, 0.15) is 40.0 Å². The number of rotatable bonds is 6. The van der Waals surface area contributed by atoms with Gasteiger partial charge in [-0.05, 0) is 20.3 Å². The molecular weight excluding hydrogens is 178 g/mol. The van der Waals surface area contributed by atoms with Crippen molar-refractivity contribution < 1.29 is 9.53 Å². The smallest absolute Gasteiger partial charge is 0.253 e. The molecule has 14 heavy (non-hydrogen) atoms. The third kappa shape index (κ3) is 4.09. The summed E-state index contributed by atoms with van der Waals surface area (Å²) in [5, 5.41) is 0. The minimum absolute atomic E-state index is 0.0519. The summed E-state index contributed by atoms with van der Waals surface area (Å²) < 4.78 is 5.14. The van der Waals surface area contributed by atoms with Crippen LogP contribution in [-0.2, 0) is 9.53 Å². The van der Waals surface area contributed by atoms with E-state index in [0.717, 1.165) is 13.0 Å². The van der Waals surface area contributed by atoms with Crippen LogP contribution in [0.4, 0.5) is 0 Å². The van der Waals surface area contributed by atoms with E-state index in [-0.39, 0.29) is 5.91 Å². The summed E-state index contributed by atoms with van der Waals surface area (Å²) in [5.41, 5.74) is -0.693. The van der Waals surface area contributed by atoms with Crippen LogP contribution in [0.3, 0.4) is 0 Å². The Balaban J connectivity index is 3.99. The number of hydrogen-bond acceptors (Lipinski definition) is 2. The van der Waals surface area contributed by atoms with Crippen LogP contribution in [0.2, 0.25) is 0 Å². The van der Waals surface area contributed by atoms with Crippen LogP contribution < -0.4 is 0 Å². The van der Waals surface area contributed by atoms with Gasteiger partial charge in [0.25, 0.3) is 5.91 Å². The lowest BCUT2D eigenvalue weighted by molar-refractivity contribution is -0.149. The van der Waals surface area contributed by atoms with Gasteiger partial charge in [0.05, 0.1) is 0 Å². The second-order valence-electron chi connectivity index (χ2n) is 4.15. The van der Waals surface area contributed by atoms with E-state index < -0.39 is 5.60 Å². The molecule has 0 bridgehead atoms. The normalized spacial score (nSPS) is 11.5. The van der Waals surface area contributed by atoms with Crippen LogP contribution >= 0.6 is 0 Å². The number of amides is 1. The molecule has 0 N–H and O–H groups in total. The van der Waals surface area contributed by atoms with Crippen LogP contribution in [0.25, 0.3) is 0 Å². The average molecular weight is 201 g/mol. The Morgan fingerprint density at radius 3 is 2.36 bits per heavy atom. The molecule has 0 saturated heterocycles. The lowest BCUT2D eigenvalue weighted by atomic mass is 10.1. The summed E-state index contributed by atoms with van der Waals surface area (Å²) in [7, 11) is 3.40. The number of nitrogens with zero attached hydrogens (tertiary/aromatic N) is 1. The average Bonchev–Trinajstić information content (AvgIpc) is 2.17. The highest BCUT2D eigenvalue weighted by Gasteiger charge is 2.29. The molecule has 0 saturated carbocycles. The predicted octanol–water partition coefficient (Wildman–Crippen LogP) is 2.06. The summed E-state index contributed by atoms with van der Waals surface area (Å²) in [5.74, 6) is 0.0519. The zero-order chi connectivity index (χ0) is 11.2. The van der Waals surface area contributed by atoms with E-state index in [2.05, 4.69) is 6.92 Å². The standard InChI is InChI=1S/C11H23NO2/c1-6-7-8-9-12(4)10(13)11(2,3)14-5/h6-9H2,1-5H3. The van der Waals surface area contributed by atoms with Crippen molar-refractivity contribution in [1.29, 1.82) is 0 Å². The largest absolute Gasteiger partial charge is 0.369 e. The first-order valence-corrected chi connectivity index (χ1v) is 5.26. The maximum absolute atomic E-state index is 11.8. The molecule has 0 aliphatic rings. The fourth-order valence-electron chi connectivity index (χ4n) is 1.25. The molecule has 0 aliphatic carbocycles. The molecule has 0 heterocycles. The number of likely N-dealkylation sites (N-methyl/N-ethyl adjacent to an activating group) is 1. The quantitative estimate of drug-likeness (QED) is 0.616. The number of ether oxygens (including phenoxy) is 1. The molecule has 0 fully saturated rings. The Morgan fingerprint density at radius 2 is 1.93 bits per heavy atom. The Labute approximate surface area is 87.4 Å². The van der Waals surface area contributed by atoms with Gasteiger partial charge in [-0.25, -0.2) is 0 Å². The highest BCUT2D eigenvalue weighted by Crippen LogP contribution is 2.11. The number of unbranched alkanes of at least 4 members (excludes halogenated alkanes) is 2. The summed E-state index contributed by atoms with van der Waals surface area (Å²) in [6.07, 6.45) is 3.42. The molecule has 84 valence electrons. The fraction of sp³-hybridized carbons (Fsp3) is 0.909. The Kier molecular flexibility index (Phi) is 5.77. The van der Waals surface area contributed by atoms with Gasteiger partial charge in [0.1, 0.15) is 5.60 Å². The second kappa shape index (κ2) is 6.02. The van der Waals surface area contributed by atoms with E-state index in [1.165, 1.54) is 12.8 Å². The third-order valence-corrected chi connectivity index (χ3v) is 2.47. The third-order valence-electron chi connectivity index (χ3n) is 2.47. The first-order chi connectivity index (χ1) is 6.45. The van der Waals surface area contributed by atoms with E-state index in [1.807, 2.05) is 7.05 Å². The van der Waals surface area contributed by atoms with Crippen molar-refractivity contribution in [3.63, 3.8) is 0 Å². The zero-order valence-electron chi connectivity index (χ0n) is 10.1. The zero-order valence-corrected chi connectivity index (χ0v) is 10.1. The van der Waals surface area contributed by atoms with E-state index in [0.29, 0.717) is 0 Å². The van der Waals surface area contributed by atoms with Crippen LogP contribution in [0, 0.1) is 0 Å². The van der Waals surface area contributed by atoms with Gasteiger partial charge < -0.3 is 9.64 Å². The van der Waals surface area contributed by atoms with Crippen molar-refractivity contribution in [1.82, 2.24) is 4.90 Å². The van der Waals surface area contributed by atoms with Gasteiger partial charge in [-0.2, -0.15) is 0 Å². The summed E-state index contributed by atoms with van der Waals surface area (Å²) in [4.78, 5) is 13.5. The van der Waals surface area contributed by atoms with E-state index >= 15 is 0 Å². The topological polar surface area (TPSA) is 29.5 Å². The Hall–Kier alpha value is -0.570. The molecule has 3 heteroatoms. The fourth-order valence-corrected chi connectivity index (χ4v) is 1.25. The molecule has 0 aromatic heterocycles. The number of methoxy groups -OCH3 is 1. The van der Waals surface area contributed by atoms with Gasteiger partial charge in [-0.1, -0.05) is 19.8 Å². The second-order valence-corrected chi connectivity index (χ2v) is 4.15. The van der Waals surface area contributed by atoms with Crippen molar-refractivity contribution in [3.05, 3.63) is 0 Å². The SMILES string of the molecule is CCCCCN(C)C(=O)C(C)(C)OC. The molecule has 0 radical (unpaired) electrons. The molecule has 0 aromatic carbocycles. The monoisotopic (exact) mass is 201 g/mol. The Morgan fingerprint density at radius 1 is 1.36 bits per heavy atom.